The maximum Gasteiger partial charge on any atom is 0.134 e. The maximum absolute atomic E-state index is 5.88. The van der Waals surface area contributed by atoms with Crippen LogP contribution in [-0.2, 0) is 12.8 Å². The van der Waals surface area contributed by atoms with Crippen LogP contribution in [0.4, 0.5) is 0 Å². The number of aryl methyl sites for hydroxylation is 1. The molecule has 1 atom stereocenters. The van der Waals surface area contributed by atoms with Gasteiger partial charge in [-0.3, -0.25) is 0 Å². The topological polar surface area (TPSA) is 25.2 Å². The van der Waals surface area contributed by atoms with E-state index < -0.39 is 0 Å². The Morgan fingerprint density at radius 3 is 2.44 bits per heavy atom. The molecule has 0 aliphatic carbocycles. The van der Waals surface area contributed by atoms with Gasteiger partial charge in [0.05, 0.1) is 0 Å². The second kappa shape index (κ2) is 5.87. The van der Waals surface area contributed by atoms with Gasteiger partial charge in [0.25, 0.3) is 0 Å². The molecule has 18 heavy (non-hydrogen) atoms. The smallest absolute Gasteiger partial charge is 0.134 e. The van der Waals surface area contributed by atoms with Crippen LogP contribution in [0.15, 0.2) is 40.8 Å². The number of furan rings is 1. The molecule has 96 valence electrons. The molecule has 0 aliphatic heterocycles. The predicted octanol–water partition coefficient (Wildman–Crippen LogP) is 3.66. The molecule has 0 spiro atoms. The fourth-order valence-corrected chi connectivity index (χ4v) is 1.95. The zero-order valence-corrected chi connectivity index (χ0v) is 11.4. The Morgan fingerprint density at radius 1 is 1.11 bits per heavy atom. The molecule has 0 saturated carbocycles. The second-order valence-corrected chi connectivity index (χ2v) is 4.71. The summed E-state index contributed by atoms with van der Waals surface area (Å²) >= 11 is 0. The summed E-state index contributed by atoms with van der Waals surface area (Å²) in [6.07, 6.45) is 1.99. The lowest BCUT2D eigenvalue weighted by atomic mass is 10.1. The predicted molar refractivity (Wildman–Crippen MR) is 75.7 cm³/mol. The Morgan fingerprint density at radius 2 is 1.83 bits per heavy atom. The van der Waals surface area contributed by atoms with Crippen molar-refractivity contribution in [2.24, 2.45) is 0 Å². The molecule has 0 saturated heterocycles. The van der Waals surface area contributed by atoms with Gasteiger partial charge in [0.2, 0.25) is 0 Å². The lowest BCUT2D eigenvalue weighted by molar-refractivity contribution is 0.481. The third-order valence-electron chi connectivity index (χ3n) is 3.31. The summed E-state index contributed by atoms with van der Waals surface area (Å²) in [6, 6.07) is 13.1. The van der Waals surface area contributed by atoms with E-state index in [0.29, 0.717) is 6.04 Å². The van der Waals surface area contributed by atoms with Crippen molar-refractivity contribution in [3.8, 4) is 11.3 Å². The van der Waals surface area contributed by atoms with E-state index >= 15 is 0 Å². The SMILES string of the molecule is CCc1ccc(-c2ccc(CC(C)NC)o2)cc1. The molecule has 1 unspecified atom stereocenters. The van der Waals surface area contributed by atoms with Gasteiger partial charge >= 0.3 is 0 Å². The first-order chi connectivity index (χ1) is 8.72. The summed E-state index contributed by atoms with van der Waals surface area (Å²) in [4.78, 5) is 0. The highest BCUT2D eigenvalue weighted by Gasteiger charge is 2.07. The van der Waals surface area contributed by atoms with Crippen molar-refractivity contribution in [2.45, 2.75) is 32.7 Å². The van der Waals surface area contributed by atoms with E-state index in [0.717, 1.165) is 29.9 Å². The van der Waals surface area contributed by atoms with Crippen LogP contribution in [0.25, 0.3) is 11.3 Å². The molecular formula is C16H21NO. The van der Waals surface area contributed by atoms with Crippen molar-refractivity contribution in [3.05, 3.63) is 47.7 Å². The van der Waals surface area contributed by atoms with Gasteiger partial charge in [0.15, 0.2) is 0 Å². The fourth-order valence-electron chi connectivity index (χ4n) is 1.95. The maximum atomic E-state index is 5.88. The number of hydrogen-bond acceptors (Lipinski definition) is 2. The lowest BCUT2D eigenvalue weighted by Gasteiger charge is -2.06. The van der Waals surface area contributed by atoms with Crippen LogP contribution in [-0.4, -0.2) is 13.1 Å². The zero-order valence-electron chi connectivity index (χ0n) is 11.4. The van der Waals surface area contributed by atoms with Crippen LogP contribution in [0.5, 0.6) is 0 Å². The standard InChI is InChI=1S/C16H21NO/c1-4-13-5-7-14(8-6-13)16-10-9-15(18-16)11-12(2)17-3/h5-10,12,17H,4,11H2,1-3H3. The molecule has 1 aromatic carbocycles. The van der Waals surface area contributed by atoms with Gasteiger partial charge in [-0.1, -0.05) is 31.2 Å². The van der Waals surface area contributed by atoms with Crippen LogP contribution in [0.1, 0.15) is 25.2 Å². The summed E-state index contributed by atoms with van der Waals surface area (Å²) in [6.45, 7) is 4.32. The van der Waals surface area contributed by atoms with E-state index in [-0.39, 0.29) is 0 Å². The Bertz CT molecular complexity index is 484. The normalized spacial score (nSPS) is 12.6. The summed E-state index contributed by atoms with van der Waals surface area (Å²) in [5.41, 5.74) is 2.50. The third kappa shape index (κ3) is 3.02. The molecule has 1 heterocycles. The molecule has 2 aromatic rings. The summed E-state index contributed by atoms with van der Waals surface area (Å²) < 4.78 is 5.88. The third-order valence-corrected chi connectivity index (χ3v) is 3.31. The lowest BCUT2D eigenvalue weighted by Crippen LogP contribution is -2.23. The largest absolute Gasteiger partial charge is 0.461 e. The quantitative estimate of drug-likeness (QED) is 0.867. The molecule has 0 amide bonds. The highest BCUT2D eigenvalue weighted by atomic mass is 16.3. The minimum absolute atomic E-state index is 0.437. The number of hydrogen-bond donors (Lipinski definition) is 1. The van der Waals surface area contributed by atoms with Gasteiger partial charge in [0.1, 0.15) is 11.5 Å². The van der Waals surface area contributed by atoms with E-state index in [1.807, 2.05) is 7.05 Å². The molecule has 1 aromatic heterocycles. The van der Waals surface area contributed by atoms with Gasteiger partial charge in [-0.05, 0) is 38.1 Å². The first-order valence-electron chi connectivity index (χ1n) is 6.58. The molecular weight excluding hydrogens is 222 g/mol. The monoisotopic (exact) mass is 243 g/mol. The second-order valence-electron chi connectivity index (χ2n) is 4.71. The molecule has 2 nitrogen and oxygen atoms in total. The number of rotatable bonds is 5. The Labute approximate surface area is 109 Å². The first kappa shape index (κ1) is 12.9. The average Bonchev–Trinajstić information content (AvgIpc) is 2.87. The zero-order chi connectivity index (χ0) is 13.0. The Kier molecular flexibility index (Phi) is 4.21. The molecule has 0 radical (unpaired) electrons. The number of nitrogens with one attached hydrogen (secondary N) is 1. The van der Waals surface area contributed by atoms with Gasteiger partial charge < -0.3 is 9.73 Å². The number of likely N-dealkylation sites (N-methyl/N-ethyl adjacent to an activating group) is 1. The van der Waals surface area contributed by atoms with Crippen molar-refractivity contribution in [2.75, 3.05) is 7.05 Å². The van der Waals surface area contributed by atoms with E-state index in [1.54, 1.807) is 0 Å². The van der Waals surface area contributed by atoms with Crippen molar-refractivity contribution in [3.63, 3.8) is 0 Å². The van der Waals surface area contributed by atoms with Crippen molar-refractivity contribution < 1.29 is 4.42 Å². The van der Waals surface area contributed by atoms with Crippen LogP contribution in [0.2, 0.25) is 0 Å². The van der Waals surface area contributed by atoms with Gasteiger partial charge in [-0.15, -0.1) is 0 Å². The first-order valence-corrected chi connectivity index (χ1v) is 6.58. The van der Waals surface area contributed by atoms with E-state index in [1.165, 1.54) is 5.56 Å². The van der Waals surface area contributed by atoms with E-state index in [9.17, 15) is 0 Å². The van der Waals surface area contributed by atoms with Gasteiger partial charge in [0, 0.05) is 18.0 Å². The van der Waals surface area contributed by atoms with Crippen LogP contribution in [0, 0.1) is 0 Å². The molecule has 2 heteroatoms. The summed E-state index contributed by atoms with van der Waals surface area (Å²) in [5, 5.41) is 3.22. The van der Waals surface area contributed by atoms with E-state index in [4.69, 9.17) is 4.42 Å². The molecule has 0 bridgehead atoms. The van der Waals surface area contributed by atoms with Crippen LogP contribution < -0.4 is 5.32 Å². The number of benzene rings is 1. The molecule has 0 fully saturated rings. The van der Waals surface area contributed by atoms with Gasteiger partial charge in [-0.25, -0.2) is 0 Å². The van der Waals surface area contributed by atoms with Crippen LogP contribution in [0.3, 0.4) is 0 Å². The molecule has 1 N–H and O–H groups in total. The van der Waals surface area contributed by atoms with Crippen LogP contribution >= 0.6 is 0 Å². The fraction of sp³-hybridized carbons (Fsp3) is 0.375. The summed E-state index contributed by atoms with van der Waals surface area (Å²) in [7, 11) is 1.97. The highest BCUT2D eigenvalue weighted by molar-refractivity contribution is 5.57. The molecule has 0 aliphatic rings. The van der Waals surface area contributed by atoms with Gasteiger partial charge in [-0.2, -0.15) is 0 Å². The minimum atomic E-state index is 0.437. The Balaban J connectivity index is 2.13. The van der Waals surface area contributed by atoms with E-state index in [2.05, 4.69) is 55.6 Å². The van der Waals surface area contributed by atoms with Crippen molar-refractivity contribution in [1.82, 2.24) is 5.32 Å². The highest BCUT2D eigenvalue weighted by Crippen LogP contribution is 2.23. The summed E-state index contributed by atoms with van der Waals surface area (Å²) in [5.74, 6) is 1.99. The minimum Gasteiger partial charge on any atom is -0.461 e. The average molecular weight is 243 g/mol. The Hall–Kier alpha value is -1.54. The molecule has 2 rings (SSSR count). The van der Waals surface area contributed by atoms with Crippen molar-refractivity contribution in [1.29, 1.82) is 0 Å². The van der Waals surface area contributed by atoms with Crippen molar-refractivity contribution >= 4 is 0 Å².